The Morgan fingerprint density at radius 2 is 1.64 bits per heavy atom. The molecule has 2 aliphatic heterocycles. The van der Waals surface area contributed by atoms with Crippen LogP contribution in [-0.4, -0.2) is 48.0 Å². The number of likely N-dealkylation sites (tertiary alicyclic amines) is 1. The Kier molecular flexibility index (Phi) is 7.88. The fourth-order valence-electron chi connectivity index (χ4n) is 7.15. The summed E-state index contributed by atoms with van der Waals surface area (Å²) in [6.07, 6.45) is 8.93. The minimum absolute atomic E-state index is 0.0912. The molecular formula is C34H40ClN5O2. The van der Waals surface area contributed by atoms with Crippen LogP contribution in [0.5, 0.6) is 0 Å². The first-order valence-corrected chi connectivity index (χ1v) is 15.5. The van der Waals surface area contributed by atoms with E-state index in [0.717, 1.165) is 69.4 Å². The van der Waals surface area contributed by atoms with Gasteiger partial charge in [0, 0.05) is 61.4 Å². The molecule has 3 aliphatic rings. The zero-order chi connectivity index (χ0) is 29.3. The van der Waals surface area contributed by atoms with Crippen LogP contribution in [0.1, 0.15) is 79.0 Å². The molecule has 2 fully saturated rings. The summed E-state index contributed by atoms with van der Waals surface area (Å²) < 4.78 is 0. The molecule has 1 aromatic heterocycles. The highest BCUT2D eigenvalue weighted by atomic mass is 35.5. The fourth-order valence-corrected chi connectivity index (χ4v) is 7.35. The van der Waals surface area contributed by atoms with Gasteiger partial charge in [-0.3, -0.25) is 9.78 Å². The van der Waals surface area contributed by atoms with Gasteiger partial charge in [-0.15, -0.1) is 0 Å². The third-order valence-corrected chi connectivity index (χ3v) is 10.2. The van der Waals surface area contributed by atoms with Crippen LogP contribution in [0, 0.1) is 5.41 Å². The maximum absolute atomic E-state index is 13.7. The first-order chi connectivity index (χ1) is 20.2. The van der Waals surface area contributed by atoms with Crippen molar-refractivity contribution in [3.63, 3.8) is 0 Å². The Bertz CT molecular complexity index is 1440. The summed E-state index contributed by atoms with van der Waals surface area (Å²) in [5.74, 6) is 0.0912. The quantitative estimate of drug-likeness (QED) is 0.359. The molecule has 0 saturated carbocycles. The molecule has 3 aromatic rings. The third-order valence-electron chi connectivity index (χ3n) is 9.78. The topological polar surface area (TPSA) is 77.6 Å². The van der Waals surface area contributed by atoms with Gasteiger partial charge in [0.15, 0.2) is 0 Å². The smallest absolute Gasteiger partial charge is 0.315 e. The third kappa shape index (κ3) is 5.84. The number of aromatic nitrogens is 1. The van der Waals surface area contributed by atoms with Crippen molar-refractivity contribution in [2.75, 3.05) is 31.1 Å². The van der Waals surface area contributed by atoms with Crippen molar-refractivity contribution in [3.8, 4) is 0 Å². The lowest BCUT2D eigenvalue weighted by molar-refractivity contribution is 0.0515. The van der Waals surface area contributed by atoms with Crippen LogP contribution in [0.15, 0.2) is 67.0 Å². The summed E-state index contributed by atoms with van der Waals surface area (Å²) in [4.78, 5) is 35.2. The second kappa shape index (κ2) is 11.6. The van der Waals surface area contributed by atoms with Gasteiger partial charge >= 0.3 is 6.03 Å². The van der Waals surface area contributed by atoms with Gasteiger partial charge in [-0.25, -0.2) is 4.79 Å². The number of amides is 3. The van der Waals surface area contributed by atoms with E-state index in [4.69, 9.17) is 11.6 Å². The molecule has 2 aromatic carbocycles. The number of benzene rings is 2. The standard InChI is InChI=1S/C34H40ClN5O2/c1-33(2)22-30(38-32(42)37-23-25-5-3-4-6-29(25)35)27-21-24(7-8-28(27)33)31(41)40-19-13-34(14-20-40)11-17-39(18-12-34)26-9-15-36-16-10-26/h3-10,15-16,21,30H,11-14,17-20,22-23H2,1-2H3,(H2,37,38,42). The van der Waals surface area contributed by atoms with Gasteiger partial charge in [0.1, 0.15) is 0 Å². The lowest BCUT2D eigenvalue weighted by Gasteiger charge is -2.47. The molecule has 0 radical (unpaired) electrons. The zero-order valence-electron chi connectivity index (χ0n) is 24.5. The predicted molar refractivity (Wildman–Crippen MR) is 167 cm³/mol. The number of piperidine rings is 2. The molecule has 3 amide bonds. The number of halogens is 1. The van der Waals surface area contributed by atoms with Crippen LogP contribution in [0.2, 0.25) is 5.02 Å². The van der Waals surface area contributed by atoms with Crippen molar-refractivity contribution < 1.29 is 9.59 Å². The second-order valence-electron chi connectivity index (χ2n) is 12.8. The second-order valence-corrected chi connectivity index (χ2v) is 13.3. The summed E-state index contributed by atoms with van der Waals surface area (Å²) in [5.41, 5.74) is 5.28. The average Bonchev–Trinajstić information content (AvgIpc) is 3.26. The number of hydrogen-bond donors (Lipinski definition) is 2. The molecule has 220 valence electrons. The molecule has 1 aliphatic carbocycles. The number of pyridine rings is 1. The molecule has 8 heteroatoms. The van der Waals surface area contributed by atoms with E-state index in [-0.39, 0.29) is 23.4 Å². The van der Waals surface area contributed by atoms with E-state index >= 15 is 0 Å². The van der Waals surface area contributed by atoms with Crippen LogP contribution in [0.25, 0.3) is 0 Å². The van der Waals surface area contributed by atoms with Gasteiger partial charge in [-0.2, -0.15) is 0 Å². The van der Waals surface area contributed by atoms with Gasteiger partial charge in [-0.05, 0) is 90.0 Å². The lowest BCUT2D eigenvalue weighted by atomic mass is 9.71. The molecule has 2 N–H and O–H groups in total. The van der Waals surface area contributed by atoms with Crippen LogP contribution < -0.4 is 15.5 Å². The number of hydrogen-bond acceptors (Lipinski definition) is 4. The van der Waals surface area contributed by atoms with E-state index in [1.54, 1.807) is 0 Å². The summed E-state index contributed by atoms with van der Waals surface area (Å²) in [6.45, 7) is 8.44. The van der Waals surface area contributed by atoms with E-state index in [9.17, 15) is 9.59 Å². The van der Waals surface area contributed by atoms with Crippen LogP contribution in [0.3, 0.4) is 0 Å². The zero-order valence-corrected chi connectivity index (χ0v) is 25.3. The summed E-state index contributed by atoms with van der Waals surface area (Å²) in [7, 11) is 0. The number of nitrogens with one attached hydrogen (secondary N) is 2. The van der Waals surface area contributed by atoms with E-state index in [1.165, 1.54) is 11.3 Å². The van der Waals surface area contributed by atoms with Crippen LogP contribution in [0.4, 0.5) is 10.5 Å². The Morgan fingerprint density at radius 1 is 0.952 bits per heavy atom. The highest BCUT2D eigenvalue weighted by Gasteiger charge is 2.40. The Balaban J connectivity index is 1.08. The number of carbonyl (C=O) groups is 2. The number of nitrogens with zero attached hydrogens (tertiary/aromatic N) is 3. The predicted octanol–water partition coefficient (Wildman–Crippen LogP) is 6.48. The minimum Gasteiger partial charge on any atom is -0.371 e. The van der Waals surface area contributed by atoms with Crippen molar-refractivity contribution in [1.29, 1.82) is 0 Å². The average molecular weight is 586 g/mol. The number of anilines is 1. The normalized spacial score (nSPS) is 20.7. The molecule has 42 heavy (non-hydrogen) atoms. The Labute approximate surface area is 253 Å². The van der Waals surface area contributed by atoms with E-state index < -0.39 is 0 Å². The molecular weight excluding hydrogens is 546 g/mol. The largest absolute Gasteiger partial charge is 0.371 e. The fraction of sp³-hybridized carbons (Fsp3) is 0.441. The van der Waals surface area contributed by atoms with Crippen molar-refractivity contribution >= 4 is 29.2 Å². The van der Waals surface area contributed by atoms with Gasteiger partial charge in [-0.1, -0.05) is 49.7 Å². The molecule has 1 atom stereocenters. The van der Waals surface area contributed by atoms with Crippen molar-refractivity contribution in [2.45, 2.75) is 64.0 Å². The van der Waals surface area contributed by atoms with Gasteiger partial charge in [0.05, 0.1) is 6.04 Å². The maximum Gasteiger partial charge on any atom is 0.315 e. The summed E-state index contributed by atoms with van der Waals surface area (Å²) >= 11 is 6.25. The highest BCUT2D eigenvalue weighted by molar-refractivity contribution is 6.31. The van der Waals surface area contributed by atoms with Crippen LogP contribution >= 0.6 is 11.6 Å². The number of fused-ring (bicyclic) bond motifs is 1. The Morgan fingerprint density at radius 3 is 2.36 bits per heavy atom. The van der Waals surface area contributed by atoms with Crippen molar-refractivity contribution in [3.05, 3.63) is 94.3 Å². The molecule has 6 rings (SSSR count). The van der Waals surface area contributed by atoms with Crippen molar-refractivity contribution in [1.82, 2.24) is 20.5 Å². The maximum atomic E-state index is 13.7. The molecule has 2 saturated heterocycles. The highest BCUT2D eigenvalue weighted by Crippen LogP contribution is 2.46. The van der Waals surface area contributed by atoms with Gasteiger partial charge in [0.2, 0.25) is 0 Å². The van der Waals surface area contributed by atoms with E-state index in [2.05, 4.69) is 52.6 Å². The monoisotopic (exact) mass is 585 g/mol. The Hall–Kier alpha value is -3.58. The number of rotatable bonds is 5. The van der Waals surface area contributed by atoms with E-state index in [0.29, 0.717) is 22.5 Å². The number of urea groups is 1. The molecule has 1 unspecified atom stereocenters. The SMILES string of the molecule is CC1(C)CC(NC(=O)NCc2ccccc2Cl)c2cc(C(=O)N3CCC4(CC3)CCN(c3ccncc3)CC4)ccc21. The molecule has 1 spiro atoms. The van der Waals surface area contributed by atoms with Crippen LogP contribution in [-0.2, 0) is 12.0 Å². The summed E-state index contributed by atoms with van der Waals surface area (Å²) in [5, 5.41) is 6.73. The molecule has 3 heterocycles. The minimum atomic E-state index is -0.239. The van der Waals surface area contributed by atoms with E-state index in [1.807, 2.05) is 53.7 Å². The molecule has 0 bridgehead atoms. The first kappa shape index (κ1) is 28.5. The molecule has 7 nitrogen and oxygen atoms in total. The van der Waals surface area contributed by atoms with Gasteiger partial charge < -0.3 is 20.4 Å². The lowest BCUT2D eigenvalue weighted by Crippen LogP contribution is -2.48. The summed E-state index contributed by atoms with van der Waals surface area (Å²) in [6, 6.07) is 17.4. The van der Waals surface area contributed by atoms with Gasteiger partial charge in [0.25, 0.3) is 5.91 Å². The number of carbonyl (C=O) groups excluding carboxylic acids is 2. The van der Waals surface area contributed by atoms with Crippen molar-refractivity contribution in [2.24, 2.45) is 5.41 Å². The first-order valence-electron chi connectivity index (χ1n) is 15.1.